The molecule has 1 aliphatic rings. The van der Waals surface area contributed by atoms with Crippen molar-refractivity contribution >= 4 is 0 Å². The van der Waals surface area contributed by atoms with Crippen LogP contribution in [-0.2, 0) is 5.41 Å². The average molecular weight is 278 g/mol. The van der Waals surface area contributed by atoms with E-state index in [1.165, 1.54) is 12.1 Å². The maximum atomic E-state index is 13.1. The van der Waals surface area contributed by atoms with Crippen LogP contribution in [0.15, 0.2) is 18.2 Å². The number of hydrogen-bond acceptors (Lipinski definition) is 2. The summed E-state index contributed by atoms with van der Waals surface area (Å²) in [6.45, 7) is 5.79. The summed E-state index contributed by atoms with van der Waals surface area (Å²) in [5, 5.41) is 0. The van der Waals surface area contributed by atoms with Gasteiger partial charge in [0.2, 0.25) is 0 Å². The van der Waals surface area contributed by atoms with Gasteiger partial charge in [-0.25, -0.2) is 0 Å². The fraction of sp³-hybridized carbons (Fsp3) is 0.538. The molecule has 2 rings (SSSR count). The smallest absolute Gasteiger partial charge is 0.421 e. The Morgan fingerprint density at radius 2 is 1.53 bits per heavy atom. The average Bonchev–Trinajstić information content (AvgIpc) is 2.29. The predicted molar refractivity (Wildman–Crippen MR) is 60.9 cm³/mol. The fourth-order valence-corrected chi connectivity index (χ4v) is 1.69. The number of fused-ring (bicyclic) bond motifs is 1. The lowest BCUT2D eigenvalue weighted by molar-refractivity contribution is -0.391. The van der Waals surface area contributed by atoms with Crippen molar-refractivity contribution in [3.8, 4) is 11.5 Å². The third kappa shape index (κ3) is 2.24. The van der Waals surface area contributed by atoms with Gasteiger partial charge in [0.15, 0.2) is 11.5 Å². The van der Waals surface area contributed by atoms with Crippen LogP contribution < -0.4 is 9.47 Å². The lowest BCUT2D eigenvalue weighted by Gasteiger charge is -2.33. The molecule has 0 unspecified atom stereocenters. The van der Waals surface area contributed by atoms with Gasteiger partial charge in [0.25, 0.3) is 0 Å². The summed E-state index contributed by atoms with van der Waals surface area (Å²) in [4.78, 5) is 0. The molecule has 1 aromatic carbocycles. The summed E-state index contributed by atoms with van der Waals surface area (Å²) >= 11 is 0. The van der Waals surface area contributed by atoms with E-state index in [0.717, 1.165) is 12.0 Å². The van der Waals surface area contributed by atoms with Gasteiger partial charge in [0.1, 0.15) is 0 Å². The van der Waals surface area contributed by atoms with E-state index in [1.807, 2.05) is 20.8 Å². The molecular weight excluding hydrogens is 264 g/mol. The summed E-state index contributed by atoms with van der Waals surface area (Å²) in [5.74, 6) is -0.749. The van der Waals surface area contributed by atoms with Gasteiger partial charge < -0.3 is 9.47 Å². The van der Waals surface area contributed by atoms with E-state index in [9.17, 15) is 17.6 Å². The highest BCUT2D eigenvalue weighted by molar-refractivity contribution is 5.46. The molecule has 19 heavy (non-hydrogen) atoms. The Morgan fingerprint density at radius 1 is 1.00 bits per heavy atom. The maximum Gasteiger partial charge on any atom is 0.507 e. The second-order valence-electron chi connectivity index (χ2n) is 5.14. The van der Waals surface area contributed by atoms with E-state index in [0.29, 0.717) is 0 Å². The van der Waals surface area contributed by atoms with Crippen LogP contribution in [-0.4, -0.2) is 12.2 Å². The summed E-state index contributed by atoms with van der Waals surface area (Å²) in [6, 6.07) is 4.12. The first kappa shape index (κ1) is 14.0. The molecule has 0 saturated carbocycles. The van der Waals surface area contributed by atoms with Gasteiger partial charge in [0.05, 0.1) is 0 Å². The first-order valence-electron chi connectivity index (χ1n) is 5.87. The second kappa shape index (κ2) is 4.02. The van der Waals surface area contributed by atoms with Gasteiger partial charge in [0, 0.05) is 0 Å². The monoisotopic (exact) mass is 278 g/mol. The van der Waals surface area contributed by atoms with Crippen molar-refractivity contribution in [1.82, 2.24) is 0 Å². The van der Waals surface area contributed by atoms with E-state index in [4.69, 9.17) is 0 Å². The minimum atomic E-state index is -4.67. The third-order valence-corrected chi connectivity index (χ3v) is 3.42. The molecule has 0 N–H and O–H groups in total. The molecule has 2 nitrogen and oxygen atoms in total. The number of alkyl halides is 4. The van der Waals surface area contributed by atoms with Crippen molar-refractivity contribution in [2.45, 2.75) is 44.8 Å². The van der Waals surface area contributed by atoms with E-state index in [-0.39, 0.29) is 16.9 Å². The Labute approximate surface area is 108 Å². The Kier molecular flexibility index (Phi) is 2.95. The summed E-state index contributed by atoms with van der Waals surface area (Å²) in [7, 11) is 0. The zero-order valence-corrected chi connectivity index (χ0v) is 10.8. The van der Waals surface area contributed by atoms with E-state index in [1.54, 1.807) is 6.07 Å². The van der Waals surface area contributed by atoms with Crippen LogP contribution in [0.1, 0.15) is 32.8 Å². The topological polar surface area (TPSA) is 18.5 Å². The molecule has 0 bridgehead atoms. The zero-order chi connectivity index (χ0) is 14.5. The third-order valence-electron chi connectivity index (χ3n) is 3.42. The first-order valence-corrected chi connectivity index (χ1v) is 5.87. The van der Waals surface area contributed by atoms with Crippen molar-refractivity contribution in [2.75, 3.05) is 0 Å². The van der Waals surface area contributed by atoms with Crippen molar-refractivity contribution < 1.29 is 27.0 Å². The molecule has 0 aromatic heterocycles. The van der Waals surface area contributed by atoms with Gasteiger partial charge in [-0.15, -0.1) is 0 Å². The SMILES string of the molecule is CCC(C)(C)c1ccc2c(c1)OC(F)(F)C(F)(F)O2. The summed E-state index contributed by atoms with van der Waals surface area (Å²) in [5.41, 5.74) is 0.451. The van der Waals surface area contributed by atoms with E-state index in [2.05, 4.69) is 9.47 Å². The largest absolute Gasteiger partial charge is 0.507 e. The minimum Gasteiger partial charge on any atom is -0.421 e. The van der Waals surface area contributed by atoms with E-state index >= 15 is 0 Å². The zero-order valence-electron chi connectivity index (χ0n) is 10.8. The quantitative estimate of drug-likeness (QED) is 0.750. The van der Waals surface area contributed by atoms with Gasteiger partial charge >= 0.3 is 12.2 Å². The molecule has 0 spiro atoms. The predicted octanol–water partition coefficient (Wildman–Crippen LogP) is 4.33. The molecule has 0 radical (unpaired) electrons. The standard InChI is InChI=1S/C13H14F4O2/c1-4-11(2,3)8-5-6-9-10(7-8)19-13(16,17)12(14,15)18-9/h5-7H,4H2,1-3H3. The molecule has 1 heterocycles. The second-order valence-corrected chi connectivity index (χ2v) is 5.14. The molecule has 0 atom stereocenters. The summed E-state index contributed by atoms with van der Waals surface area (Å²) in [6.07, 6.45) is -8.57. The van der Waals surface area contributed by atoms with Gasteiger partial charge in [-0.05, 0) is 29.5 Å². The van der Waals surface area contributed by atoms with Crippen molar-refractivity contribution in [2.24, 2.45) is 0 Å². The van der Waals surface area contributed by atoms with Crippen LogP contribution in [0.3, 0.4) is 0 Å². The molecule has 0 amide bonds. The van der Waals surface area contributed by atoms with Crippen LogP contribution >= 0.6 is 0 Å². The highest BCUT2D eigenvalue weighted by atomic mass is 19.3. The van der Waals surface area contributed by atoms with Crippen molar-refractivity contribution in [1.29, 1.82) is 0 Å². The van der Waals surface area contributed by atoms with Crippen LogP contribution in [0.5, 0.6) is 11.5 Å². The summed E-state index contributed by atoms with van der Waals surface area (Å²) < 4.78 is 60.2. The lowest BCUT2D eigenvalue weighted by atomic mass is 9.82. The van der Waals surface area contributed by atoms with Gasteiger partial charge in [-0.2, -0.15) is 17.6 Å². The lowest BCUT2D eigenvalue weighted by Crippen LogP contribution is -2.52. The van der Waals surface area contributed by atoms with Crippen LogP contribution in [0.25, 0.3) is 0 Å². The number of rotatable bonds is 2. The molecule has 1 aromatic rings. The molecule has 106 valence electrons. The highest BCUT2D eigenvalue weighted by Crippen LogP contribution is 2.48. The molecule has 0 saturated heterocycles. The fourth-order valence-electron chi connectivity index (χ4n) is 1.69. The Morgan fingerprint density at radius 3 is 2.05 bits per heavy atom. The number of hydrogen-bond donors (Lipinski definition) is 0. The molecule has 0 fully saturated rings. The van der Waals surface area contributed by atoms with E-state index < -0.39 is 12.2 Å². The maximum absolute atomic E-state index is 13.1. The Hall–Kier alpha value is -1.46. The molecule has 6 heteroatoms. The normalized spacial score (nSPS) is 20.2. The Balaban J connectivity index is 2.44. The highest BCUT2D eigenvalue weighted by Gasteiger charge is 2.65. The van der Waals surface area contributed by atoms with Crippen LogP contribution in [0.4, 0.5) is 17.6 Å². The number of ether oxygens (including phenoxy) is 2. The van der Waals surface area contributed by atoms with Crippen molar-refractivity contribution in [3.05, 3.63) is 23.8 Å². The van der Waals surface area contributed by atoms with Crippen LogP contribution in [0.2, 0.25) is 0 Å². The first-order chi connectivity index (χ1) is 8.59. The van der Waals surface area contributed by atoms with Crippen molar-refractivity contribution in [3.63, 3.8) is 0 Å². The minimum absolute atomic E-state index is 0.270. The van der Waals surface area contributed by atoms with Gasteiger partial charge in [-0.3, -0.25) is 0 Å². The number of benzene rings is 1. The van der Waals surface area contributed by atoms with Crippen LogP contribution in [0, 0.1) is 0 Å². The molecule has 0 aliphatic carbocycles. The number of halogens is 4. The Bertz CT molecular complexity index is 497. The molecule has 1 aliphatic heterocycles. The molecular formula is C13H14F4O2. The van der Waals surface area contributed by atoms with Gasteiger partial charge in [-0.1, -0.05) is 26.8 Å².